The van der Waals surface area contributed by atoms with Gasteiger partial charge in [-0.05, 0) is 46.2 Å². The summed E-state index contributed by atoms with van der Waals surface area (Å²) >= 11 is 3.60. The summed E-state index contributed by atoms with van der Waals surface area (Å²) in [6, 6.07) is 16.8. The Morgan fingerprint density at radius 3 is 1.48 bits per heavy atom. The second-order valence-corrected chi connectivity index (χ2v) is 11.6. The van der Waals surface area contributed by atoms with Crippen molar-refractivity contribution in [2.75, 3.05) is 0 Å². The van der Waals surface area contributed by atoms with E-state index in [9.17, 15) is 0 Å². The number of rotatable bonds is 0. The van der Waals surface area contributed by atoms with E-state index in [4.69, 9.17) is 17.3 Å². The van der Waals surface area contributed by atoms with Crippen LogP contribution in [0.4, 0.5) is 0 Å². The molecule has 0 fully saturated rings. The fraction of sp³-hybridized carbons (Fsp3) is 0.333. The van der Waals surface area contributed by atoms with Gasteiger partial charge in [0, 0.05) is 26.5 Å². The van der Waals surface area contributed by atoms with Crippen LogP contribution in [-0.2, 0) is 16.1 Å². The van der Waals surface area contributed by atoms with Gasteiger partial charge in [-0.3, -0.25) is 0 Å². The SMILES string of the molecule is [B]C12c3cc(C(C)(C)C)ccc3Oc3cc(Br)cc(c31)Oc1ccc(C(C)(C)C)cc12. The molecule has 0 aromatic heterocycles. The van der Waals surface area contributed by atoms with Gasteiger partial charge in [-0.2, -0.15) is 0 Å². The molecule has 0 amide bonds. The molecule has 0 N–H and O–H groups in total. The van der Waals surface area contributed by atoms with Gasteiger partial charge < -0.3 is 9.47 Å². The summed E-state index contributed by atoms with van der Waals surface area (Å²) in [6.07, 6.45) is 0. The first-order valence-corrected chi connectivity index (χ1v) is 11.5. The van der Waals surface area contributed by atoms with E-state index < -0.39 is 5.31 Å². The summed E-state index contributed by atoms with van der Waals surface area (Å²) in [5.41, 5.74) is 5.28. The zero-order valence-electron chi connectivity index (χ0n) is 18.9. The fourth-order valence-corrected chi connectivity index (χ4v) is 4.96. The maximum absolute atomic E-state index is 7.44. The van der Waals surface area contributed by atoms with Crippen molar-refractivity contribution >= 4 is 23.8 Å². The molecule has 3 aromatic rings. The van der Waals surface area contributed by atoms with Crippen molar-refractivity contribution in [3.8, 4) is 23.0 Å². The molecular weight excluding hydrogens is 447 g/mol. The lowest BCUT2D eigenvalue weighted by Crippen LogP contribution is -2.37. The third-order valence-corrected chi connectivity index (χ3v) is 6.86. The first-order valence-electron chi connectivity index (χ1n) is 10.7. The lowest BCUT2D eigenvalue weighted by molar-refractivity contribution is 0.397. The zero-order chi connectivity index (χ0) is 22.3. The van der Waals surface area contributed by atoms with E-state index in [0.717, 1.165) is 44.2 Å². The van der Waals surface area contributed by atoms with Crippen LogP contribution in [-0.4, -0.2) is 7.85 Å². The first-order chi connectivity index (χ1) is 14.4. The topological polar surface area (TPSA) is 18.5 Å². The molecule has 2 heterocycles. The molecule has 2 aliphatic rings. The van der Waals surface area contributed by atoms with Crippen LogP contribution in [0.25, 0.3) is 0 Å². The molecule has 0 spiro atoms. The van der Waals surface area contributed by atoms with Crippen LogP contribution in [0.2, 0.25) is 0 Å². The van der Waals surface area contributed by atoms with Gasteiger partial charge in [0.15, 0.2) is 0 Å². The predicted octanol–water partition coefficient (Wildman–Crippen LogP) is 7.72. The van der Waals surface area contributed by atoms with Gasteiger partial charge in [-0.1, -0.05) is 81.7 Å². The van der Waals surface area contributed by atoms with Crippen LogP contribution >= 0.6 is 15.9 Å². The molecule has 2 aliphatic heterocycles. The molecule has 5 rings (SSSR count). The van der Waals surface area contributed by atoms with E-state index in [0.29, 0.717) is 0 Å². The molecule has 156 valence electrons. The van der Waals surface area contributed by atoms with Gasteiger partial charge in [0.05, 0.1) is 7.85 Å². The molecule has 3 aromatic carbocycles. The van der Waals surface area contributed by atoms with Gasteiger partial charge in [-0.25, -0.2) is 0 Å². The largest absolute Gasteiger partial charge is 0.457 e. The maximum Gasteiger partial charge on any atom is 0.135 e. The summed E-state index contributed by atoms with van der Waals surface area (Å²) in [5.74, 6) is 3.05. The van der Waals surface area contributed by atoms with E-state index in [-0.39, 0.29) is 10.8 Å². The average molecular weight is 473 g/mol. The van der Waals surface area contributed by atoms with E-state index in [1.165, 1.54) is 11.1 Å². The van der Waals surface area contributed by atoms with E-state index in [2.05, 4.69) is 93.9 Å². The van der Waals surface area contributed by atoms with Crippen molar-refractivity contribution in [2.24, 2.45) is 0 Å². The lowest BCUT2D eigenvalue weighted by atomic mass is 9.53. The number of fused-ring (bicyclic) bond motifs is 4. The molecule has 0 saturated heterocycles. The molecule has 4 heteroatoms. The second-order valence-electron chi connectivity index (χ2n) is 10.7. The highest BCUT2D eigenvalue weighted by molar-refractivity contribution is 9.10. The summed E-state index contributed by atoms with van der Waals surface area (Å²) in [5, 5.41) is -0.866. The van der Waals surface area contributed by atoms with Gasteiger partial charge >= 0.3 is 0 Å². The number of benzene rings is 3. The number of ether oxygens (including phenoxy) is 2. The summed E-state index contributed by atoms with van der Waals surface area (Å²) in [7, 11) is 7.44. The summed E-state index contributed by atoms with van der Waals surface area (Å²) < 4.78 is 13.6. The van der Waals surface area contributed by atoms with E-state index in [1.54, 1.807) is 0 Å². The normalized spacial score (nSPS) is 15.8. The molecule has 0 atom stereocenters. The van der Waals surface area contributed by atoms with Crippen molar-refractivity contribution in [2.45, 2.75) is 57.7 Å². The average Bonchev–Trinajstić information content (AvgIpc) is 2.65. The Kier molecular flexibility index (Phi) is 4.28. The first kappa shape index (κ1) is 20.7. The Bertz CT molecular complexity index is 1140. The molecular formula is C27H26BBrO2. The molecule has 2 radical (unpaired) electrons. The molecule has 31 heavy (non-hydrogen) atoms. The van der Waals surface area contributed by atoms with Crippen LogP contribution in [0.15, 0.2) is 53.0 Å². The second kappa shape index (κ2) is 6.42. The van der Waals surface area contributed by atoms with Crippen molar-refractivity contribution in [3.05, 3.63) is 80.8 Å². The van der Waals surface area contributed by atoms with E-state index in [1.807, 2.05) is 12.1 Å². The number of halogens is 1. The Hall–Kier alpha value is -2.20. The van der Waals surface area contributed by atoms with Gasteiger partial charge in [0.25, 0.3) is 0 Å². The third kappa shape index (κ3) is 3.06. The van der Waals surface area contributed by atoms with Crippen LogP contribution in [0.5, 0.6) is 23.0 Å². The Morgan fingerprint density at radius 2 is 1.10 bits per heavy atom. The number of hydrogen-bond acceptors (Lipinski definition) is 2. The highest BCUT2D eigenvalue weighted by Crippen LogP contribution is 2.59. The van der Waals surface area contributed by atoms with Crippen LogP contribution in [0.1, 0.15) is 69.4 Å². The zero-order valence-corrected chi connectivity index (χ0v) is 20.5. The van der Waals surface area contributed by atoms with Crippen LogP contribution in [0, 0.1) is 0 Å². The third-order valence-electron chi connectivity index (χ3n) is 6.41. The molecule has 0 unspecified atom stereocenters. The minimum atomic E-state index is -0.866. The highest BCUT2D eigenvalue weighted by atomic mass is 79.9. The molecule has 0 bridgehead atoms. The van der Waals surface area contributed by atoms with Gasteiger partial charge in [0.1, 0.15) is 23.0 Å². The summed E-state index contributed by atoms with van der Waals surface area (Å²) in [6.45, 7) is 13.3. The minimum Gasteiger partial charge on any atom is -0.457 e. The van der Waals surface area contributed by atoms with Gasteiger partial charge in [-0.15, -0.1) is 0 Å². The minimum absolute atomic E-state index is 0.00450. The predicted molar refractivity (Wildman–Crippen MR) is 130 cm³/mol. The molecule has 0 saturated carbocycles. The van der Waals surface area contributed by atoms with Gasteiger partial charge in [0.2, 0.25) is 0 Å². The number of hydrogen-bond donors (Lipinski definition) is 0. The highest BCUT2D eigenvalue weighted by Gasteiger charge is 2.46. The summed E-state index contributed by atoms with van der Waals surface area (Å²) in [4.78, 5) is 0. The van der Waals surface area contributed by atoms with Crippen molar-refractivity contribution < 1.29 is 9.47 Å². The molecule has 2 nitrogen and oxygen atoms in total. The van der Waals surface area contributed by atoms with E-state index >= 15 is 0 Å². The van der Waals surface area contributed by atoms with Crippen molar-refractivity contribution in [1.29, 1.82) is 0 Å². The lowest BCUT2D eigenvalue weighted by Gasteiger charge is -2.44. The van der Waals surface area contributed by atoms with Crippen molar-refractivity contribution in [3.63, 3.8) is 0 Å². The monoisotopic (exact) mass is 472 g/mol. The van der Waals surface area contributed by atoms with Crippen LogP contribution < -0.4 is 9.47 Å². The quantitative estimate of drug-likeness (QED) is 0.312. The van der Waals surface area contributed by atoms with Crippen molar-refractivity contribution in [1.82, 2.24) is 0 Å². The molecule has 0 aliphatic carbocycles. The van der Waals surface area contributed by atoms with Crippen LogP contribution in [0.3, 0.4) is 0 Å². The Labute approximate surface area is 194 Å². The Balaban J connectivity index is 1.87. The Morgan fingerprint density at radius 1 is 0.677 bits per heavy atom. The smallest absolute Gasteiger partial charge is 0.135 e. The maximum atomic E-state index is 7.44. The standard InChI is InChI=1S/C27H26BBrO2/c1-25(2,3)15-7-9-20-18(11-15)27(28)19-12-16(26(4,5)6)8-10-21(19)31-23-14-17(29)13-22(30-20)24(23)27/h7-14H,1-6H3. The fourth-order valence-electron chi connectivity index (χ4n) is 4.55.